The number of amides is 1. The SMILES string of the molecule is COC(C)(C)CNCc1cccc(NC(=O)C(F)(F)F)c1. The monoisotopic (exact) mass is 304 g/mol. The van der Waals surface area contributed by atoms with Crippen molar-refractivity contribution in [3.05, 3.63) is 29.8 Å². The Labute approximate surface area is 121 Å². The number of alkyl halides is 3. The molecule has 0 aromatic heterocycles. The first kappa shape index (κ1) is 17.5. The first-order chi connectivity index (χ1) is 9.64. The molecule has 118 valence electrons. The Balaban J connectivity index is 2.59. The highest BCUT2D eigenvalue weighted by Crippen LogP contribution is 2.19. The number of benzene rings is 1. The van der Waals surface area contributed by atoms with Gasteiger partial charge in [0.2, 0.25) is 0 Å². The molecule has 0 aliphatic rings. The topological polar surface area (TPSA) is 50.4 Å². The van der Waals surface area contributed by atoms with Gasteiger partial charge in [0.25, 0.3) is 0 Å². The van der Waals surface area contributed by atoms with Gasteiger partial charge in [-0.15, -0.1) is 0 Å². The number of hydrogen-bond acceptors (Lipinski definition) is 3. The molecule has 0 bridgehead atoms. The van der Waals surface area contributed by atoms with Gasteiger partial charge in [-0.1, -0.05) is 12.1 Å². The van der Waals surface area contributed by atoms with E-state index in [0.29, 0.717) is 13.1 Å². The van der Waals surface area contributed by atoms with E-state index in [1.165, 1.54) is 12.1 Å². The van der Waals surface area contributed by atoms with E-state index >= 15 is 0 Å². The molecule has 4 nitrogen and oxygen atoms in total. The lowest BCUT2D eigenvalue weighted by Gasteiger charge is -2.23. The van der Waals surface area contributed by atoms with Crippen molar-refractivity contribution in [3.8, 4) is 0 Å². The fraction of sp³-hybridized carbons (Fsp3) is 0.500. The summed E-state index contributed by atoms with van der Waals surface area (Å²) in [6.07, 6.45) is -4.89. The van der Waals surface area contributed by atoms with Crippen LogP contribution in [0.15, 0.2) is 24.3 Å². The highest BCUT2D eigenvalue weighted by atomic mass is 19.4. The van der Waals surface area contributed by atoms with Crippen LogP contribution in [0.2, 0.25) is 0 Å². The number of hydrogen-bond donors (Lipinski definition) is 2. The number of carbonyl (C=O) groups excluding carboxylic acids is 1. The summed E-state index contributed by atoms with van der Waals surface area (Å²) in [4.78, 5) is 10.9. The zero-order valence-corrected chi connectivity index (χ0v) is 12.2. The predicted molar refractivity (Wildman–Crippen MR) is 73.9 cm³/mol. The van der Waals surface area contributed by atoms with Gasteiger partial charge < -0.3 is 15.4 Å². The standard InChI is InChI=1S/C14H19F3N2O2/c1-13(2,21-3)9-18-8-10-5-4-6-11(7-10)19-12(20)14(15,16)17/h4-7,18H,8-9H2,1-3H3,(H,19,20). The number of carbonyl (C=O) groups is 1. The van der Waals surface area contributed by atoms with Crippen LogP contribution < -0.4 is 10.6 Å². The van der Waals surface area contributed by atoms with Crippen molar-refractivity contribution in [1.82, 2.24) is 5.32 Å². The Hall–Kier alpha value is -1.60. The zero-order chi connectivity index (χ0) is 16.1. The summed E-state index contributed by atoms with van der Waals surface area (Å²) < 4.78 is 41.8. The molecule has 0 unspecified atom stereocenters. The predicted octanol–water partition coefficient (Wildman–Crippen LogP) is 2.70. The van der Waals surface area contributed by atoms with Gasteiger partial charge in [-0.3, -0.25) is 4.79 Å². The van der Waals surface area contributed by atoms with Gasteiger partial charge in [0.05, 0.1) is 5.60 Å². The highest BCUT2D eigenvalue weighted by molar-refractivity contribution is 5.94. The minimum Gasteiger partial charge on any atom is -0.377 e. The quantitative estimate of drug-likeness (QED) is 0.849. The van der Waals surface area contributed by atoms with Crippen molar-refractivity contribution in [3.63, 3.8) is 0 Å². The minimum atomic E-state index is -4.89. The van der Waals surface area contributed by atoms with Crippen LogP contribution in [0, 0.1) is 0 Å². The summed E-state index contributed by atoms with van der Waals surface area (Å²) >= 11 is 0. The Kier molecular flexibility index (Phi) is 5.74. The number of nitrogens with one attached hydrogen (secondary N) is 2. The van der Waals surface area contributed by atoms with Crippen molar-refractivity contribution in [2.45, 2.75) is 32.2 Å². The number of rotatable bonds is 6. The smallest absolute Gasteiger partial charge is 0.377 e. The maximum atomic E-state index is 12.2. The third-order valence-electron chi connectivity index (χ3n) is 2.87. The van der Waals surface area contributed by atoms with Crippen molar-refractivity contribution >= 4 is 11.6 Å². The molecule has 0 fully saturated rings. The van der Waals surface area contributed by atoms with Crippen LogP contribution >= 0.6 is 0 Å². The van der Waals surface area contributed by atoms with Crippen molar-refractivity contribution in [1.29, 1.82) is 0 Å². The van der Waals surface area contributed by atoms with Gasteiger partial charge in [-0.2, -0.15) is 13.2 Å². The van der Waals surface area contributed by atoms with Gasteiger partial charge in [-0.25, -0.2) is 0 Å². The van der Waals surface area contributed by atoms with Crippen LogP contribution in [-0.4, -0.2) is 31.3 Å². The molecule has 0 saturated heterocycles. The molecule has 1 rings (SSSR count). The summed E-state index contributed by atoms with van der Waals surface area (Å²) in [6.45, 7) is 4.88. The first-order valence-corrected chi connectivity index (χ1v) is 6.37. The summed E-state index contributed by atoms with van der Waals surface area (Å²) in [5.41, 5.74) is 0.548. The number of halogens is 3. The Bertz CT molecular complexity index is 487. The largest absolute Gasteiger partial charge is 0.471 e. The maximum Gasteiger partial charge on any atom is 0.471 e. The second-order valence-electron chi connectivity index (χ2n) is 5.22. The first-order valence-electron chi connectivity index (χ1n) is 6.37. The molecule has 7 heteroatoms. The van der Waals surface area contributed by atoms with Crippen LogP contribution in [0.5, 0.6) is 0 Å². The highest BCUT2D eigenvalue weighted by Gasteiger charge is 2.38. The second kappa shape index (κ2) is 6.91. The fourth-order valence-corrected chi connectivity index (χ4v) is 1.54. The lowest BCUT2D eigenvalue weighted by molar-refractivity contribution is -0.167. The third-order valence-corrected chi connectivity index (χ3v) is 2.87. The lowest BCUT2D eigenvalue weighted by atomic mass is 10.1. The van der Waals surface area contributed by atoms with E-state index in [2.05, 4.69) is 5.32 Å². The van der Waals surface area contributed by atoms with Gasteiger partial charge in [0.1, 0.15) is 0 Å². The second-order valence-corrected chi connectivity index (χ2v) is 5.22. The molecule has 0 spiro atoms. The Morgan fingerprint density at radius 3 is 2.52 bits per heavy atom. The summed E-state index contributed by atoms with van der Waals surface area (Å²) in [7, 11) is 1.61. The van der Waals surface area contributed by atoms with Crippen molar-refractivity contribution in [2.24, 2.45) is 0 Å². The normalized spacial score (nSPS) is 12.3. The number of anilines is 1. The average Bonchev–Trinajstić information content (AvgIpc) is 2.38. The Morgan fingerprint density at radius 2 is 1.95 bits per heavy atom. The zero-order valence-electron chi connectivity index (χ0n) is 12.2. The molecule has 0 aliphatic carbocycles. The molecule has 21 heavy (non-hydrogen) atoms. The molecule has 0 saturated carbocycles. The molecule has 2 N–H and O–H groups in total. The van der Waals surface area contributed by atoms with Gasteiger partial charge >= 0.3 is 12.1 Å². The van der Waals surface area contributed by atoms with Crippen molar-refractivity contribution in [2.75, 3.05) is 19.0 Å². The molecule has 1 amide bonds. The molecular formula is C14H19F3N2O2. The van der Waals surface area contributed by atoms with Crippen LogP contribution in [0.25, 0.3) is 0 Å². The minimum absolute atomic E-state index is 0.114. The third kappa shape index (κ3) is 6.14. The van der Waals surface area contributed by atoms with Crippen LogP contribution in [-0.2, 0) is 16.1 Å². The summed E-state index contributed by atoms with van der Waals surface area (Å²) in [5.74, 6) is -1.98. The molecule has 1 aromatic carbocycles. The van der Waals surface area contributed by atoms with Gasteiger partial charge in [0, 0.05) is 25.9 Å². The van der Waals surface area contributed by atoms with E-state index in [9.17, 15) is 18.0 Å². The number of ether oxygens (including phenoxy) is 1. The van der Waals surface area contributed by atoms with Gasteiger partial charge in [-0.05, 0) is 31.5 Å². The molecule has 1 aromatic rings. The van der Waals surface area contributed by atoms with Crippen LogP contribution in [0.3, 0.4) is 0 Å². The number of methoxy groups -OCH3 is 1. The maximum absolute atomic E-state index is 12.2. The fourth-order valence-electron chi connectivity index (χ4n) is 1.54. The van der Waals surface area contributed by atoms with E-state index in [-0.39, 0.29) is 11.3 Å². The van der Waals surface area contributed by atoms with E-state index in [4.69, 9.17) is 4.74 Å². The van der Waals surface area contributed by atoms with Crippen molar-refractivity contribution < 1.29 is 22.7 Å². The molecule has 0 aliphatic heterocycles. The van der Waals surface area contributed by atoms with E-state index in [1.54, 1.807) is 19.2 Å². The van der Waals surface area contributed by atoms with E-state index in [0.717, 1.165) is 5.56 Å². The van der Waals surface area contributed by atoms with Gasteiger partial charge in [0.15, 0.2) is 0 Å². The molecular weight excluding hydrogens is 285 g/mol. The molecule has 0 radical (unpaired) electrons. The molecule has 0 atom stereocenters. The summed E-state index contributed by atoms with van der Waals surface area (Å²) in [6, 6.07) is 6.25. The lowest BCUT2D eigenvalue weighted by Crippen LogP contribution is -2.36. The summed E-state index contributed by atoms with van der Waals surface area (Å²) in [5, 5.41) is 4.97. The molecule has 0 heterocycles. The van der Waals surface area contributed by atoms with E-state index < -0.39 is 12.1 Å². The average molecular weight is 304 g/mol. The van der Waals surface area contributed by atoms with E-state index in [1.807, 2.05) is 19.2 Å². The van der Waals surface area contributed by atoms with Crippen LogP contribution in [0.4, 0.5) is 18.9 Å². The Morgan fingerprint density at radius 1 is 1.29 bits per heavy atom. The van der Waals surface area contributed by atoms with Crippen LogP contribution in [0.1, 0.15) is 19.4 Å².